The summed E-state index contributed by atoms with van der Waals surface area (Å²) < 4.78 is 0. The Morgan fingerprint density at radius 3 is 2.33 bits per heavy atom. The van der Waals surface area contributed by atoms with Gasteiger partial charge in [-0.2, -0.15) is 0 Å². The zero-order valence-electron chi connectivity index (χ0n) is 12.7. The molecular formula is C15H20Cl2N2O2. The molecule has 0 aliphatic carbocycles. The molecule has 0 saturated carbocycles. The van der Waals surface area contributed by atoms with Gasteiger partial charge in [0.25, 0.3) is 0 Å². The van der Waals surface area contributed by atoms with Crippen molar-refractivity contribution in [3.8, 4) is 0 Å². The third kappa shape index (κ3) is 5.94. The monoisotopic (exact) mass is 330 g/mol. The zero-order chi connectivity index (χ0) is 16.2. The lowest BCUT2D eigenvalue weighted by atomic mass is 10.1. The molecule has 0 saturated heterocycles. The molecule has 0 aliphatic heterocycles. The van der Waals surface area contributed by atoms with Crippen LogP contribution in [0.2, 0.25) is 10.0 Å². The number of hydrogen-bond acceptors (Lipinski definition) is 2. The molecule has 6 heteroatoms. The number of hydrogen-bond donors (Lipinski definition) is 1. The standard InChI is InChI=1S/C15H20Cl2N2O2/c1-10(20)19(8-7-14(21)18-15(2,3)4)13-6-5-11(16)9-12(13)17/h5-6,9H,7-8H2,1-4H3,(H,18,21). The Labute approximate surface area is 135 Å². The van der Waals surface area contributed by atoms with Crippen molar-refractivity contribution >= 4 is 40.7 Å². The van der Waals surface area contributed by atoms with Gasteiger partial charge in [0.1, 0.15) is 0 Å². The third-order valence-corrected chi connectivity index (χ3v) is 3.20. The Hall–Kier alpha value is -1.26. The minimum Gasteiger partial charge on any atom is -0.351 e. The van der Waals surface area contributed by atoms with E-state index in [4.69, 9.17) is 23.2 Å². The number of nitrogens with one attached hydrogen (secondary N) is 1. The van der Waals surface area contributed by atoms with Gasteiger partial charge < -0.3 is 10.2 Å². The molecule has 0 fully saturated rings. The largest absolute Gasteiger partial charge is 0.351 e. The van der Waals surface area contributed by atoms with Gasteiger partial charge in [-0.1, -0.05) is 23.2 Å². The van der Waals surface area contributed by atoms with Gasteiger partial charge >= 0.3 is 0 Å². The van der Waals surface area contributed by atoms with Gasteiger partial charge in [-0.3, -0.25) is 9.59 Å². The quantitative estimate of drug-likeness (QED) is 0.915. The molecule has 1 aromatic rings. The number of rotatable bonds is 4. The number of carbonyl (C=O) groups excluding carboxylic acids is 2. The molecule has 0 bridgehead atoms. The summed E-state index contributed by atoms with van der Waals surface area (Å²) in [6, 6.07) is 4.91. The van der Waals surface area contributed by atoms with Crippen molar-refractivity contribution in [2.24, 2.45) is 0 Å². The topological polar surface area (TPSA) is 49.4 Å². The summed E-state index contributed by atoms with van der Waals surface area (Å²) in [6.45, 7) is 7.42. The summed E-state index contributed by atoms with van der Waals surface area (Å²) in [5.41, 5.74) is 0.257. The smallest absolute Gasteiger partial charge is 0.223 e. The van der Waals surface area contributed by atoms with Crippen molar-refractivity contribution in [3.63, 3.8) is 0 Å². The van der Waals surface area contributed by atoms with Gasteiger partial charge in [-0.25, -0.2) is 0 Å². The lowest BCUT2D eigenvalue weighted by molar-refractivity contribution is -0.122. The Balaban J connectivity index is 2.80. The maximum Gasteiger partial charge on any atom is 0.223 e. The summed E-state index contributed by atoms with van der Waals surface area (Å²) in [7, 11) is 0. The van der Waals surface area contributed by atoms with Gasteiger partial charge in [0.05, 0.1) is 10.7 Å². The minimum absolute atomic E-state index is 0.112. The maximum atomic E-state index is 11.9. The van der Waals surface area contributed by atoms with E-state index in [1.54, 1.807) is 18.2 Å². The zero-order valence-corrected chi connectivity index (χ0v) is 14.2. The molecule has 21 heavy (non-hydrogen) atoms. The first-order chi connectivity index (χ1) is 9.60. The summed E-state index contributed by atoms with van der Waals surface area (Å²) in [4.78, 5) is 25.1. The molecule has 2 amide bonds. The molecule has 0 aliphatic rings. The van der Waals surface area contributed by atoms with Crippen LogP contribution in [-0.4, -0.2) is 23.9 Å². The SMILES string of the molecule is CC(=O)N(CCC(=O)NC(C)(C)C)c1ccc(Cl)cc1Cl. The van der Waals surface area contributed by atoms with Crippen LogP contribution >= 0.6 is 23.2 Å². The van der Waals surface area contributed by atoms with Crippen molar-refractivity contribution in [2.75, 3.05) is 11.4 Å². The third-order valence-electron chi connectivity index (χ3n) is 2.66. The van der Waals surface area contributed by atoms with E-state index in [1.165, 1.54) is 11.8 Å². The lowest BCUT2D eigenvalue weighted by Crippen LogP contribution is -2.42. The normalized spacial score (nSPS) is 11.1. The second-order valence-corrected chi connectivity index (χ2v) is 6.66. The fourth-order valence-corrected chi connectivity index (χ4v) is 2.35. The van der Waals surface area contributed by atoms with Crippen LogP contribution in [0.5, 0.6) is 0 Å². The number of anilines is 1. The highest BCUT2D eigenvalue weighted by molar-refractivity contribution is 6.36. The van der Waals surface area contributed by atoms with E-state index in [0.29, 0.717) is 15.7 Å². The molecular weight excluding hydrogens is 311 g/mol. The van der Waals surface area contributed by atoms with E-state index in [0.717, 1.165) is 0 Å². The second-order valence-electron chi connectivity index (χ2n) is 5.81. The van der Waals surface area contributed by atoms with Crippen LogP contribution in [0.25, 0.3) is 0 Å². The molecule has 0 unspecified atom stereocenters. The first kappa shape index (κ1) is 17.8. The van der Waals surface area contributed by atoms with Crippen molar-refractivity contribution in [2.45, 2.75) is 39.7 Å². The summed E-state index contributed by atoms with van der Waals surface area (Å²) >= 11 is 12.0. The number of carbonyl (C=O) groups is 2. The van der Waals surface area contributed by atoms with E-state index in [9.17, 15) is 9.59 Å². The van der Waals surface area contributed by atoms with Crippen LogP contribution in [0.4, 0.5) is 5.69 Å². The van der Waals surface area contributed by atoms with Crippen molar-refractivity contribution in [1.29, 1.82) is 0 Å². The maximum absolute atomic E-state index is 11.9. The van der Waals surface area contributed by atoms with Crippen LogP contribution < -0.4 is 10.2 Å². The predicted molar refractivity (Wildman–Crippen MR) is 87.0 cm³/mol. The second kappa shape index (κ2) is 7.14. The average Bonchev–Trinajstić information content (AvgIpc) is 2.29. The summed E-state index contributed by atoms with van der Waals surface area (Å²) in [5, 5.41) is 3.74. The van der Waals surface area contributed by atoms with Crippen LogP contribution in [-0.2, 0) is 9.59 Å². The molecule has 116 valence electrons. The first-order valence-electron chi connectivity index (χ1n) is 6.64. The molecule has 0 heterocycles. The van der Waals surface area contributed by atoms with Crippen LogP contribution in [0.3, 0.4) is 0 Å². The van der Waals surface area contributed by atoms with Gasteiger partial charge in [0.2, 0.25) is 11.8 Å². The van der Waals surface area contributed by atoms with Crippen molar-refractivity contribution in [3.05, 3.63) is 28.2 Å². The van der Waals surface area contributed by atoms with E-state index < -0.39 is 0 Å². The highest BCUT2D eigenvalue weighted by Gasteiger charge is 2.18. The molecule has 1 N–H and O–H groups in total. The predicted octanol–water partition coefficient (Wildman–Crippen LogP) is 3.65. The van der Waals surface area contributed by atoms with Gasteiger partial charge in [-0.15, -0.1) is 0 Å². The van der Waals surface area contributed by atoms with Gasteiger partial charge in [0.15, 0.2) is 0 Å². The Bertz CT molecular complexity index is 539. The molecule has 0 atom stereocenters. The molecule has 1 aromatic carbocycles. The van der Waals surface area contributed by atoms with E-state index in [1.807, 2.05) is 20.8 Å². The Morgan fingerprint density at radius 1 is 1.24 bits per heavy atom. The Morgan fingerprint density at radius 2 is 1.86 bits per heavy atom. The van der Waals surface area contributed by atoms with E-state index >= 15 is 0 Å². The molecule has 0 aromatic heterocycles. The summed E-state index contributed by atoms with van der Waals surface area (Å²) in [5.74, 6) is -0.290. The molecule has 0 radical (unpaired) electrons. The average molecular weight is 331 g/mol. The van der Waals surface area contributed by atoms with Gasteiger partial charge in [0, 0.05) is 30.5 Å². The van der Waals surface area contributed by atoms with Gasteiger partial charge in [-0.05, 0) is 39.0 Å². The number of benzene rings is 1. The highest BCUT2D eigenvalue weighted by atomic mass is 35.5. The first-order valence-corrected chi connectivity index (χ1v) is 7.40. The highest BCUT2D eigenvalue weighted by Crippen LogP contribution is 2.29. The number of nitrogens with zero attached hydrogens (tertiary/aromatic N) is 1. The van der Waals surface area contributed by atoms with Crippen LogP contribution in [0, 0.1) is 0 Å². The van der Waals surface area contributed by atoms with Crippen LogP contribution in [0.15, 0.2) is 18.2 Å². The number of halogens is 2. The van der Waals surface area contributed by atoms with E-state index in [2.05, 4.69) is 5.32 Å². The van der Waals surface area contributed by atoms with E-state index in [-0.39, 0.29) is 30.3 Å². The van der Waals surface area contributed by atoms with Crippen molar-refractivity contribution in [1.82, 2.24) is 5.32 Å². The fourth-order valence-electron chi connectivity index (χ4n) is 1.84. The molecule has 0 spiro atoms. The Kier molecular flexibility index (Phi) is 6.05. The summed E-state index contributed by atoms with van der Waals surface area (Å²) in [6.07, 6.45) is 0.204. The number of amides is 2. The molecule has 1 rings (SSSR count). The molecule has 4 nitrogen and oxygen atoms in total. The van der Waals surface area contributed by atoms with Crippen molar-refractivity contribution < 1.29 is 9.59 Å². The fraction of sp³-hybridized carbons (Fsp3) is 0.467. The lowest BCUT2D eigenvalue weighted by Gasteiger charge is -2.24. The van der Waals surface area contributed by atoms with Crippen LogP contribution in [0.1, 0.15) is 34.1 Å². The minimum atomic E-state index is -0.296.